The summed E-state index contributed by atoms with van der Waals surface area (Å²) < 4.78 is 0. The number of nitrogens with two attached hydrogens (primary N) is 2. The van der Waals surface area contributed by atoms with Crippen molar-refractivity contribution in [1.29, 1.82) is 0 Å². The zero-order valence-corrected chi connectivity index (χ0v) is 5.46. The number of hydrogen-bond acceptors (Lipinski definition) is 2. The second kappa shape index (κ2) is 3.44. The molecule has 0 saturated heterocycles. The summed E-state index contributed by atoms with van der Waals surface area (Å²) in [5.74, 6) is 0. The zero-order chi connectivity index (χ0) is 5.98. The van der Waals surface area contributed by atoms with Crippen LogP contribution in [-0.2, 0) is 0 Å². The molecule has 0 spiro atoms. The molecular formula is C6H8LiN2. The van der Waals surface area contributed by atoms with Gasteiger partial charge in [0, 0.05) is 30.2 Å². The maximum Gasteiger partial charge on any atom is 0.0315 e. The summed E-state index contributed by atoms with van der Waals surface area (Å²) >= 11 is 0. The molecule has 0 atom stereocenters. The van der Waals surface area contributed by atoms with Gasteiger partial charge in [0.15, 0.2) is 0 Å². The van der Waals surface area contributed by atoms with Crippen LogP contribution in [0.1, 0.15) is 0 Å². The molecule has 0 heterocycles. The van der Waals surface area contributed by atoms with Crippen molar-refractivity contribution in [3.8, 4) is 0 Å². The van der Waals surface area contributed by atoms with Crippen molar-refractivity contribution >= 4 is 30.2 Å². The minimum Gasteiger partial charge on any atom is -0.399 e. The Morgan fingerprint density at radius 3 is 1.22 bits per heavy atom. The second-order valence-corrected chi connectivity index (χ2v) is 1.67. The molecule has 43 valence electrons. The Balaban J connectivity index is 0.000000640. The molecule has 0 aliphatic carbocycles. The van der Waals surface area contributed by atoms with Gasteiger partial charge in [-0.25, -0.2) is 0 Å². The average Bonchev–Trinajstić information content (AvgIpc) is 1.77. The van der Waals surface area contributed by atoms with E-state index in [1.54, 1.807) is 24.3 Å². The van der Waals surface area contributed by atoms with Crippen molar-refractivity contribution in [1.82, 2.24) is 0 Å². The molecule has 0 saturated carbocycles. The number of nitrogen functional groups attached to an aromatic ring is 2. The Bertz CT molecular complexity index is 150. The fraction of sp³-hybridized carbons (Fsp3) is 0. The van der Waals surface area contributed by atoms with Gasteiger partial charge in [-0.2, -0.15) is 0 Å². The number of anilines is 2. The van der Waals surface area contributed by atoms with Crippen LogP contribution in [-0.4, -0.2) is 18.9 Å². The molecular weight excluding hydrogens is 107 g/mol. The summed E-state index contributed by atoms with van der Waals surface area (Å²) in [6.07, 6.45) is 0. The predicted octanol–water partition coefficient (Wildman–Crippen LogP) is 0.470. The molecule has 3 heteroatoms. The van der Waals surface area contributed by atoms with E-state index in [0.717, 1.165) is 11.4 Å². The van der Waals surface area contributed by atoms with Crippen molar-refractivity contribution in [3.63, 3.8) is 0 Å². The first-order valence-corrected chi connectivity index (χ1v) is 2.40. The van der Waals surface area contributed by atoms with E-state index in [0.29, 0.717) is 0 Å². The minimum atomic E-state index is 0. The Kier molecular flexibility index (Phi) is 3.22. The van der Waals surface area contributed by atoms with E-state index in [9.17, 15) is 0 Å². The van der Waals surface area contributed by atoms with Gasteiger partial charge in [-0.1, -0.05) is 0 Å². The van der Waals surface area contributed by atoms with Gasteiger partial charge in [0.2, 0.25) is 0 Å². The van der Waals surface area contributed by atoms with E-state index in [1.807, 2.05) is 0 Å². The molecule has 0 unspecified atom stereocenters. The average molecular weight is 115 g/mol. The molecule has 0 aromatic heterocycles. The Hall–Kier alpha value is -0.583. The molecule has 9 heavy (non-hydrogen) atoms. The molecule has 4 N–H and O–H groups in total. The van der Waals surface area contributed by atoms with Crippen LogP contribution in [0.5, 0.6) is 0 Å². The van der Waals surface area contributed by atoms with Crippen LogP contribution < -0.4 is 11.5 Å². The first kappa shape index (κ1) is 8.42. The number of hydrogen-bond donors (Lipinski definition) is 2. The third-order valence-corrected chi connectivity index (χ3v) is 0.936. The smallest absolute Gasteiger partial charge is 0.0315 e. The molecule has 1 radical (unpaired) electrons. The fourth-order valence-electron chi connectivity index (χ4n) is 0.496. The summed E-state index contributed by atoms with van der Waals surface area (Å²) in [5.41, 5.74) is 12.2. The molecule has 0 bridgehead atoms. The van der Waals surface area contributed by atoms with Crippen molar-refractivity contribution in [2.45, 2.75) is 0 Å². The first-order chi connectivity index (χ1) is 3.79. The van der Waals surface area contributed by atoms with Gasteiger partial charge >= 0.3 is 0 Å². The fourth-order valence-corrected chi connectivity index (χ4v) is 0.496. The van der Waals surface area contributed by atoms with E-state index in [4.69, 9.17) is 11.5 Å². The zero-order valence-electron chi connectivity index (χ0n) is 5.46. The van der Waals surface area contributed by atoms with Crippen LogP contribution >= 0.6 is 0 Å². The van der Waals surface area contributed by atoms with E-state index in [-0.39, 0.29) is 18.9 Å². The van der Waals surface area contributed by atoms with Crippen LogP contribution in [0.2, 0.25) is 0 Å². The number of rotatable bonds is 0. The molecule has 0 fully saturated rings. The molecule has 0 amide bonds. The maximum absolute atomic E-state index is 5.37. The van der Waals surface area contributed by atoms with Crippen molar-refractivity contribution < 1.29 is 0 Å². The predicted molar refractivity (Wildman–Crippen MR) is 41.0 cm³/mol. The SMILES string of the molecule is Nc1ccc(N)cc1.[Li]. The van der Waals surface area contributed by atoms with Gasteiger partial charge in [-0.05, 0) is 24.3 Å². The maximum atomic E-state index is 5.37. The van der Waals surface area contributed by atoms with Crippen molar-refractivity contribution in [2.75, 3.05) is 11.5 Å². The molecule has 1 aromatic carbocycles. The van der Waals surface area contributed by atoms with Crippen LogP contribution in [0.3, 0.4) is 0 Å². The molecule has 0 aliphatic rings. The van der Waals surface area contributed by atoms with Crippen molar-refractivity contribution in [2.24, 2.45) is 0 Å². The molecule has 1 rings (SSSR count). The quantitative estimate of drug-likeness (QED) is 0.381. The number of benzene rings is 1. The van der Waals surface area contributed by atoms with Crippen LogP contribution in [0, 0.1) is 0 Å². The third kappa shape index (κ3) is 2.45. The van der Waals surface area contributed by atoms with Crippen molar-refractivity contribution in [3.05, 3.63) is 24.3 Å². The molecule has 1 aromatic rings. The van der Waals surface area contributed by atoms with E-state index in [1.165, 1.54) is 0 Å². The summed E-state index contributed by atoms with van der Waals surface area (Å²) in [4.78, 5) is 0. The molecule has 2 nitrogen and oxygen atoms in total. The van der Waals surface area contributed by atoms with Crippen LogP contribution in [0.25, 0.3) is 0 Å². The summed E-state index contributed by atoms with van der Waals surface area (Å²) in [6.45, 7) is 0. The van der Waals surface area contributed by atoms with Gasteiger partial charge in [-0.15, -0.1) is 0 Å². The van der Waals surface area contributed by atoms with Crippen LogP contribution in [0.4, 0.5) is 11.4 Å². The first-order valence-electron chi connectivity index (χ1n) is 2.40. The van der Waals surface area contributed by atoms with E-state index < -0.39 is 0 Å². The Morgan fingerprint density at radius 2 is 1.00 bits per heavy atom. The van der Waals surface area contributed by atoms with Gasteiger partial charge in [0.05, 0.1) is 0 Å². The van der Waals surface area contributed by atoms with E-state index in [2.05, 4.69) is 0 Å². The summed E-state index contributed by atoms with van der Waals surface area (Å²) in [7, 11) is 0. The second-order valence-electron chi connectivity index (χ2n) is 1.67. The van der Waals surface area contributed by atoms with Gasteiger partial charge in [-0.3, -0.25) is 0 Å². The van der Waals surface area contributed by atoms with E-state index >= 15 is 0 Å². The third-order valence-electron chi connectivity index (χ3n) is 0.936. The Labute approximate surface area is 66.4 Å². The molecule has 0 aliphatic heterocycles. The summed E-state index contributed by atoms with van der Waals surface area (Å²) in [6, 6.07) is 7.09. The van der Waals surface area contributed by atoms with Gasteiger partial charge in [0.1, 0.15) is 0 Å². The normalized spacial score (nSPS) is 8.00. The standard InChI is InChI=1S/C6H8N2.Li/c7-5-1-2-6(8)4-3-5;/h1-4H,7-8H2;. The van der Waals surface area contributed by atoms with Gasteiger partial charge < -0.3 is 11.5 Å². The largest absolute Gasteiger partial charge is 0.399 e. The summed E-state index contributed by atoms with van der Waals surface area (Å²) in [5, 5.41) is 0. The van der Waals surface area contributed by atoms with Crippen LogP contribution in [0.15, 0.2) is 24.3 Å². The minimum absolute atomic E-state index is 0. The van der Waals surface area contributed by atoms with Gasteiger partial charge in [0.25, 0.3) is 0 Å². The Morgan fingerprint density at radius 1 is 0.778 bits per heavy atom. The monoisotopic (exact) mass is 115 g/mol. The topological polar surface area (TPSA) is 52.0 Å².